The van der Waals surface area contributed by atoms with Gasteiger partial charge in [0.2, 0.25) is 0 Å². The highest BCUT2D eigenvalue weighted by atomic mass is 16.5. The van der Waals surface area contributed by atoms with Gasteiger partial charge >= 0.3 is 0 Å². The van der Waals surface area contributed by atoms with Gasteiger partial charge < -0.3 is 9.64 Å². The molecular formula is C19H21NO. The van der Waals surface area contributed by atoms with Crippen LogP contribution in [0.2, 0.25) is 0 Å². The van der Waals surface area contributed by atoms with Gasteiger partial charge in [0.1, 0.15) is 6.10 Å². The lowest BCUT2D eigenvalue weighted by Crippen LogP contribution is -2.40. The van der Waals surface area contributed by atoms with Crippen LogP contribution in [-0.2, 0) is 10.3 Å². The highest BCUT2D eigenvalue weighted by Gasteiger charge is 2.46. The van der Waals surface area contributed by atoms with Crippen molar-refractivity contribution in [3.63, 3.8) is 0 Å². The summed E-state index contributed by atoms with van der Waals surface area (Å²) in [7, 11) is 2.20. The average molecular weight is 279 g/mol. The third kappa shape index (κ3) is 2.10. The topological polar surface area (TPSA) is 12.5 Å². The molecule has 2 aromatic rings. The highest BCUT2D eigenvalue weighted by Crippen LogP contribution is 2.51. The van der Waals surface area contributed by atoms with E-state index in [1.54, 1.807) is 0 Å². The Morgan fingerprint density at radius 3 is 2.38 bits per heavy atom. The van der Waals surface area contributed by atoms with Crippen molar-refractivity contribution in [2.75, 3.05) is 20.1 Å². The maximum absolute atomic E-state index is 6.67. The lowest BCUT2D eigenvalue weighted by Gasteiger charge is -2.38. The van der Waals surface area contributed by atoms with Crippen LogP contribution in [-0.4, -0.2) is 25.0 Å². The smallest absolute Gasteiger partial charge is 0.109 e. The molecule has 0 bridgehead atoms. The van der Waals surface area contributed by atoms with Crippen molar-refractivity contribution in [3.8, 4) is 0 Å². The Hall–Kier alpha value is -1.64. The number of likely N-dealkylation sites (tertiary alicyclic amines) is 1. The third-order valence-corrected chi connectivity index (χ3v) is 4.97. The molecule has 2 aromatic carbocycles. The monoisotopic (exact) mass is 279 g/mol. The summed E-state index contributed by atoms with van der Waals surface area (Å²) in [4.78, 5) is 2.40. The Morgan fingerprint density at radius 1 is 0.952 bits per heavy atom. The van der Waals surface area contributed by atoms with Gasteiger partial charge in [-0.3, -0.25) is 0 Å². The lowest BCUT2D eigenvalue weighted by atomic mass is 9.83. The number of ether oxygens (including phenoxy) is 1. The first-order valence-electron chi connectivity index (χ1n) is 7.79. The number of rotatable bonds is 1. The zero-order valence-corrected chi connectivity index (χ0v) is 12.5. The van der Waals surface area contributed by atoms with Crippen LogP contribution >= 0.6 is 0 Å². The SMILES string of the molecule is CN1CCC2(CC1)O[C@H](c1ccccc1)c1ccccc12. The number of fused-ring (bicyclic) bond motifs is 2. The van der Waals surface area contributed by atoms with Crippen LogP contribution in [0.4, 0.5) is 0 Å². The second-order valence-electron chi connectivity index (χ2n) is 6.29. The second-order valence-corrected chi connectivity index (χ2v) is 6.29. The van der Waals surface area contributed by atoms with Gasteiger partial charge in [0, 0.05) is 13.1 Å². The van der Waals surface area contributed by atoms with Gasteiger partial charge in [-0.1, -0.05) is 54.6 Å². The number of nitrogens with zero attached hydrogens (tertiary/aromatic N) is 1. The van der Waals surface area contributed by atoms with Crippen LogP contribution < -0.4 is 0 Å². The number of hydrogen-bond donors (Lipinski definition) is 0. The van der Waals surface area contributed by atoms with E-state index in [-0.39, 0.29) is 11.7 Å². The fourth-order valence-electron chi connectivity index (χ4n) is 3.74. The van der Waals surface area contributed by atoms with Gasteiger partial charge in [-0.2, -0.15) is 0 Å². The molecule has 0 aromatic heterocycles. The molecule has 108 valence electrons. The Labute approximate surface area is 126 Å². The van der Waals surface area contributed by atoms with Gasteiger partial charge in [-0.05, 0) is 36.6 Å². The summed E-state index contributed by atoms with van der Waals surface area (Å²) in [5.41, 5.74) is 3.95. The molecule has 2 aliphatic rings. The van der Waals surface area contributed by atoms with E-state index in [0.29, 0.717) is 0 Å². The van der Waals surface area contributed by atoms with Gasteiger partial charge in [0.15, 0.2) is 0 Å². The molecule has 0 unspecified atom stereocenters. The van der Waals surface area contributed by atoms with E-state index in [1.807, 2.05) is 0 Å². The third-order valence-electron chi connectivity index (χ3n) is 4.97. The molecule has 4 rings (SSSR count). The fourth-order valence-corrected chi connectivity index (χ4v) is 3.74. The van der Waals surface area contributed by atoms with Crippen molar-refractivity contribution in [2.45, 2.75) is 24.5 Å². The molecule has 2 aliphatic heterocycles. The van der Waals surface area contributed by atoms with Crippen LogP contribution in [0.5, 0.6) is 0 Å². The van der Waals surface area contributed by atoms with E-state index in [9.17, 15) is 0 Å². The summed E-state index contributed by atoms with van der Waals surface area (Å²) in [6.45, 7) is 2.21. The van der Waals surface area contributed by atoms with Crippen molar-refractivity contribution < 1.29 is 4.74 Å². The molecule has 0 radical (unpaired) electrons. The maximum Gasteiger partial charge on any atom is 0.109 e. The van der Waals surface area contributed by atoms with Crippen molar-refractivity contribution in [3.05, 3.63) is 71.3 Å². The molecule has 2 heterocycles. The molecule has 0 amide bonds. The molecule has 1 atom stereocenters. The van der Waals surface area contributed by atoms with Crippen molar-refractivity contribution in [1.29, 1.82) is 0 Å². The predicted octanol–water partition coefficient (Wildman–Crippen LogP) is 3.73. The molecule has 21 heavy (non-hydrogen) atoms. The molecule has 0 aliphatic carbocycles. The van der Waals surface area contributed by atoms with E-state index in [4.69, 9.17) is 4.74 Å². The van der Waals surface area contributed by atoms with Crippen molar-refractivity contribution >= 4 is 0 Å². The average Bonchev–Trinajstić information content (AvgIpc) is 2.87. The van der Waals surface area contributed by atoms with E-state index < -0.39 is 0 Å². The Bertz CT molecular complexity index is 629. The highest BCUT2D eigenvalue weighted by molar-refractivity contribution is 5.43. The molecule has 2 heteroatoms. The molecule has 1 saturated heterocycles. The van der Waals surface area contributed by atoms with Crippen molar-refractivity contribution in [2.24, 2.45) is 0 Å². The first kappa shape index (κ1) is 13.1. The lowest BCUT2D eigenvalue weighted by molar-refractivity contribution is -0.0941. The van der Waals surface area contributed by atoms with E-state index in [1.165, 1.54) is 16.7 Å². The minimum atomic E-state index is -0.0798. The second kappa shape index (κ2) is 4.97. The fraction of sp³-hybridized carbons (Fsp3) is 0.368. The number of benzene rings is 2. The molecular weight excluding hydrogens is 258 g/mol. The van der Waals surface area contributed by atoms with Crippen molar-refractivity contribution in [1.82, 2.24) is 4.90 Å². The van der Waals surface area contributed by atoms with Gasteiger partial charge in [-0.15, -0.1) is 0 Å². The van der Waals surface area contributed by atoms with E-state index in [0.717, 1.165) is 25.9 Å². The summed E-state index contributed by atoms with van der Waals surface area (Å²) < 4.78 is 6.67. The van der Waals surface area contributed by atoms with Gasteiger partial charge in [-0.25, -0.2) is 0 Å². The van der Waals surface area contributed by atoms with Crippen LogP contribution in [0, 0.1) is 0 Å². The summed E-state index contributed by atoms with van der Waals surface area (Å²) in [5, 5.41) is 0. The summed E-state index contributed by atoms with van der Waals surface area (Å²) >= 11 is 0. The zero-order valence-electron chi connectivity index (χ0n) is 12.5. The number of piperidine rings is 1. The molecule has 0 N–H and O–H groups in total. The summed E-state index contributed by atoms with van der Waals surface area (Å²) in [6.07, 6.45) is 2.26. The Morgan fingerprint density at radius 2 is 1.62 bits per heavy atom. The summed E-state index contributed by atoms with van der Waals surface area (Å²) in [6, 6.07) is 19.4. The first-order chi connectivity index (χ1) is 10.3. The van der Waals surface area contributed by atoms with Crippen LogP contribution in [0.15, 0.2) is 54.6 Å². The van der Waals surface area contributed by atoms with Crippen LogP contribution in [0.1, 0.15) is 35.6 Å². The summed E-state index contributed by atoms with van der Waals surface area (Å²) in [5.74, 6) is 0. The quantitative estimate of drug-likeness (QED) is 0.788. The predicted molar refractivity (Wildman–Crippen MR) is 84.2 cm³/mol. The minimum Gasteiger partial charge on any atom is -0.358 e. The van der Waals surface area contributed by atoms with E-state index >= 15 is 0 Å². The zero-order chi connectivity index (χ0) is 14.3. The molecule has 0 saturated carbocycles. The minimum absolute atomic E-state index is 0.0798. The van der Waals surface area contributed by atoms with Gasteiger partial charge in [0.25, 0.3) is 0 Å². The van der Waals surface area contributed by atoms with E-state index in [2.05, 4.69) is 66.5 Å². The Balaban J connectivity index is 1.77. The number of hydrogen-bond acceptors (Lipinski definition) is 2. The molecule has 2 nitrogen and oxygen atoms in total. The normalized spacial score (nSPS) is 24.1. The van der Waals surface area contributed by atoms with Gasteiger partial charge in [0.05, 0.1) is 5.60 Å². The van der Waals surface area contributed by atoms with Crippen LogP contribution in [0.25, 0.3) is 0 Å². The first-order valence-corrected chi connectivity index (χ1v) is 7.79. The molecule has 1 fully saturated rings. The Kier molecular flexibility index (Phi) is 3.09. The largest absolute Gasteiger partial charge is 0.358 e. The maximum atomic E-state index is 6.67. The molecule has 1 spiro atoms. The standard InChI is InChI=1S/C19H21NO/c1-20-13-11-19(12-14-20)17-10-6-5-9-16(17)18(21-19)15-7-3-2-4-8-15/h2-10,18H,11-14H2,1H3/t18-/m1/s1. The van der Waals surface area contributed by atoms with Crippen LogP contribution in [0.3, 0.4) is 0 Å².